The van der Waals surface area contributed by atoms with E-state index in [1.54, 1.807) is 10.8 Å². The normalized spacial score (nSPS) is 10.9. The summed E-state index contributed by atoms with van der Waals surface area (Å²) in [4.78, 5) is 22.5. The van der Waals surface area contributed by atoms with Crippen LogP contribution in [0.2, 0.25) is 0 Å². The Balaban J connectivity index is 1.66. The Hall–Kier alpha value is -4.05. The number of rotatable bonds is 4. The van der Waals surface area contributed by atoms with Crippen LogP contribution >= 0.6 is 0 Å². The van der Waals surface area contributed by atoms with Crippen LogP contribution in [0.3, 0.4) is 0 Å². The Morgan fingerprint density at radius 1 is 0.667 bits per heavy atom. The second-order valence-corrected chi connectivity index (χ2v) is 7.11. The number of nitrogens with zero attached hydrogens (tertiary/aromatic N) is 3. The molecular formula is C26H19N3O. The molecular weight excluding hydrogens is 370 g/mol. The first-order valence-electron chi connectivity index (χ1n) is 9.85. The summed E-state index contributed by atoms with van der Waals surface area (Å²) in [5.74, 6) is 0.643. The van der Waals surface area contributed by atoms with Crippen molar-refractivity contribution < 1.29 is 0 Å². The van der Waals surface area contributed by atoms with Crippen LogP contribution in [0.15, 0.2) is 108 Å². The van der Waals surface area contributed by atoms with Crippen molar-refractivity contribution in [2.45, 2.75) is 6.54 Å². The van der Waals surface area contributed by atoms with Gasteiger partial charge in [-0.25, -0.2) is 4.98 Å². The van der Waals surface area contributed by atoms with Crippen LogP contribution < -0.4 is 5.56 Å². The molecule has 0 saturated carbocycles. The first-order valence-corrected chi connectivity index (χ1v) is 9.85. The molecule has 0 aliphatic rings. The van der Waals surface area contributed by atoms with Gasteiger partial charge in [0.05, 0.1) is 23.1 Å². The van der Waals surface area contributed by atoms with Gasteiger partial charge in [0.25, 0.3) is 5.56 Å². The van der Waals surface area contributed by atoms with Crippen LogP contribution in [-0.4, -0.2) is 14.5 Å². The Kier molecular flexibility index (Phi) is 4.66. The van der Waals surface area contributed by atoms with E-state index in [1.807, 2.05) is 72.8 Å². The van der Waals surface area contributed by atoms with Gasteiger partial charge in [-0.15, -0.1) is 0 Å². The molecule has 2 heterocycles. The lowest BCUT2D eigenvalue weighted by molar-refractivity contribution is 0.740. The summed E-state index contributed by atoms with van der Waals surface area (Å²) >= 11 is 0. The maximum atomic E-state index is 13.3. The lowest BCUT2D eigenvalue weighted by atomic mass is 10.0. The predicted molar refractivity (Wildman–Crippen MR) is 120 cm³/mol. The van der Waals surface area contributed by atoms with Crippen molar-refractivity contribution in [1.82, 2.24) is 14.5 Å². The molecule has 2 aromatic heterocycles. The van der Waals surface area contributed by atoms with Crippen molar-refractivity contribution in [2.24, 2.45) is 0 Å². The number of aromatic nitrogens is 3. The molecule has 0 unspecified atom stereocenters. The Labute approximate surface area is 174 Å². The number of hydrogen-bond acceptors (Lipinski definition) is 3. The van der Waals surface area contributed by atoms with Crippen molar-refractivity contribution in [3.05, 3.63) is 119 Å². The van der Waals surface area contributed by atoms with E-state index in [-0.39, 0.29) is 5.56 Å². The summed E-state index contributed by atoms with van der Waals surface area (Å²) in [6.07, 6.45) is 1.74. The fourth-order valence-corrected chi connectivity index (χ4v) is 3.63. The van der Waals surface area contributed by atoms with Gasteiger partial charge in [0.1, 0.15) is 5.82 Å². The van der Waals surface area contributed by atoms with E-state index >= 15 is 0 Å². The average Bonchev–Trinajstić information content (AvgIpc) is 2.82. The van der Waals surface area contributed by atoms with Crippen LogP contribution in [-0.2, 0) is 6.54 Å². The second-order valence-electron chi connectivity index (χ2n) is 7.11. The van der Waals surface area contributed by atoms with Crippen LogP contribution in [0.25, 0.3) is 33.4 Å². The summed E-state index contributed by atoms with van der Waals surface area (Å²) in [5, 5.41) is 0.609. The summed E-state index contributed by atoms with van der Waals surface area (Å²) < 4.78 is 1.71. The van der Waals surface area contributed by atoms with Crippen LogP contribution in [0.1, 0.15) is 5.69 Å². The van der Waals surface area contributed by atoms with E-state index in [4.69, 9.17) is 4.98 Å². The topological polar surface area (TPSA) is 47.8 Å². The Morgan fingerprint density at radius 3 is 2.10 bits per heavy atom. The number of fused-ring (bicyclic) bond motifs is 1. The van der Waals surface area contributed by atoms with E-state index in [1.165, 1.54) is 0 Å². The number of pyridine rings is 1. The summed E-state index contributed by atoms with van der Waals surface area (Å²) in [6.45, 7) is 0.368. The molecule has 0 atom stereocenters. The van der Waals surface area contributed by atoms with Gasteiger partial charge in [-0.1, -0.05) is 72.8 Å². The molecule has 0 saturated heterocycles. The van der Waals surface area contributed by atoms with Crippen molar-refractivity contribution in [2.75, 3.05) is 0 Å². The Morgan fingerprint density at radius 2 is 1.33 bits per heavy atom. The van der Waals surface area contributed by atoms with Gasteiger partial charge in [0, 0.05) is 11.8 Å². The predicted octanol–water partition coefficient (Wildman–Crippen LogP) is 5.17. The van der Waals surface area contributed by atoms with Crippen LogP contribution in [0.5, 0.6) is 0 Å². The minimum Gasteiger partial charge on any atom is -0.286 e. The highest BCUT2D eigenvalue weighted by Gasteiger charge is 2.14. The first kappa shape index (κ1) is 18.0. The molecule has 3 aromatic carbocycles. The van der Waals surface area contributed by atoms with Crippen molar-refractivity contribution in [3.8, 4) is 22.5 Å². The summed E-state index contributed by atoms with van der Waals surface area (Å²) in [7, 11) is 0. The quantitative estimate of drug-likeness (QED) is 0.426. The Bertz CT molecular complexity index is 1360. The fraction of sp³-hybridized carbons (Fsp3) is 0.0385. The lowest BCUT2D eigenvalue weighted by Gasteiger charge is -2.14. The van der Waals surface area contributed by atoms with Gasteiger partial charge in [0.2, 0.25) is 0 Å². The average molecular weight is 389 g/mol. The third-order valence-corrected chi connectivity index (χ3v) is 5.16. The zero-order chi connectivity index (χ0) is 20.3. The maximum Gasteiger partial charge on any atom is 0.262 e. The molecule has 0 aliphatic carbocycles. The van der Waals surface area contributed by atoms with Gasteiger partial charge in [-0.2, -0.15) is 0 Å². The van der Waals surface area contributed by atoms with Crippen LogP contribution in [0.4, 0.5) is 0 Å². The van der Waals surface area contributed by atoms with Gasteiger partial charge in [-0.05, 0) is 35.4 Å². The highest BCUT2D eigenvalue weighted by Crippen LogP contribution is 2.24. The summed E-state index contributed by atoms with van der Waals surface area (Å²) in [5.41, 5.74) is 4.63. The fourth-order valence-electron chi connectivity index (χ4n) is 3.63. The van der Waals surface area contributed by atoms with E-state index < -0.39 is 0 Å². The SMILES string of the molecule is O=c1c2ccccc2nc(-c2ccc(-c3ccccc3)cc2)n1Cc1ccccn1. The molecule has 5 rings (SSSR count). The zero-order valence-electron chi connectivity index (χ0n) is 16.3. The minimum atomic E-state index is -0.0617. The molecule has 4 nitrogen and oxygen atoms in total. The molecule has 0 radical (unpaired) electrons. The molecule has 0 N–H and O–H groups in total. The van der Waals surface area contributed by atoms with E-state index in [2.05, 4.69) is 29.2 Å². The van der Waals surface area contributed by atoms with Crippen molar-refractivity contribution >= 4 is 10.9 Å². The third-order valence-electron chi connectivity index (χ3n) is 5.16. The third kappa shape index (κ3) is 3.40. The highest BCUT2D eigenvalue weighted by molar-refractivity contribution is 5.80. The number of para-hydroxylation sites is 1. The zero-order valence-corrected chi connectivity index (χ0v) is 16.3. The summed E-state index contributed by atoms with van der Waals surface area (Å²) in [6, 6.07) is 31.6. The monoisotopic (exact) mass is 389 g/mol. The van der Waals surface area contributed by atoms with Gasteiger partial charge in [0.15, 0.2) is 0 Å². The van der Waals surface area contributed by atoms with E-state index in [0.717, 1.165) is 22.4 Å². The van der Waals surface area contributed by atoms with Crippen LogP contribution in [0, 0.1) is 0 Å². The van der Waals surface area contributed by atoms with Gasteiger partial charge >= 0.3 is 0 Å². The standard InChI is InChI=1S/C26H19N3O/c30-26-23-11-4-5-12-24(23)28-25(29(26)18-22-10-6-7-17-27-22)21-15-13-20(14-16-21)19-8-2-1-3-9-19/h1-17H,18H2. The first-order chi connectivity index (χ1) is 14.8. The molecule has 0 fully saturated rings. The van der Waals surface area contributed by atoms with E-state index in [9.17, 15) is 4.79 Å². The lowest BCUT2D eigenvalue weighted by Crippen LogP contribution is -2.24. The van der Waals surface area contributed by atoms with Gasteiger partial charge in [-0.3, -0.25) is 14.3 Å². The van der Waals surface area contributed by atoms with E-state index in [0.29, 0.717) is 23.3 Å². The number of benzene rings is 3. The van der Waals surface area contributed by atoms with Crippen molar-refractivity contribution in [1.29, 1.82) is 0 Å². The molecule has 0 bridgehead atoms. The molecule has 4 heteroatoms. The molecule has 0 spiro atoms. The maximum absolute atomic E-state index is 13.3. The van der Waals surface area contributed by atoms with Crippen molar-refractivity contribution in [3.63, 3.8) is 0 Å². The molecule has 0 amide bonds. The molecule has 144 valence electrons. The minimum absolute atomic E-state index is 0.0617. The largest absolute Gasteiger partial charge is 0.286 e. The molecule has 5 aromatic rings. The highest BCUT2D eigenvalue weighted by atomic mass is 16.1. The smallest absolute Gasteiger partial charge is 0.262 e. The molecule has 0 aliphatic heterocycles. The second kappa shape index (κ2) is 7.76. The molecule has 30 heavy (non-hydrogen) atoms. The van der Waals surface area contributed by atoms with Gasteiger partial charge < -0.3 is 0 Å². The number of hydrogen-bond donors (Lipinski definition) is 0.